The van der Waals surface area contributed by atoms with Gasteiger partial charge in [-0.25, -0.2) is 0 Å². The van der Waals surface area contributed by atoms with Crippen LogP contribution in [0.5, 0.6) is 0 Å². The Morgan fingerprint density at radius 2 is 1.42 bits per heavy atom. The van der Waals surface area contributed by atoms with Gasteiger partial charge in [0, 0.05) is 44.0 Å². The van der Waals surface area contributed by atoms with Crippen molar-refractivity contribution in [1.82, 2.24) is 10.2 Å². The van der Waals surface area contributed by atoms with Gasteiger partial charge >= 0.3 is 0 Å². The summed E-state index contributed by atoms with van der Waals surface area (Å²) < 4.78 is 0. The minimum Gasteiger partial charge on any atom is -0.352 e. The van der Waals surface area contributed by atoms with Crippen LogP contribution in [0.3, 0.4) is 0 Å². The van der Waals surface area contributed by atoms with Gasteiger partial charge in [0.15, 0.2) is 0 Å². The van der Waals surface area contributed by atoms with Gasteiger partial charge in [0.05, 0.1) is 5.75 Å². The molecule has 2 amide bonds. The fourth-order valence-corrected chi connectivity index (χ4v) is 5.37. The molecule has 4 nitrogen and oxygen atoms in total. The highest BCUT2D eigenvalue weighted by Crippen LogP contribution is 2.30. The molecule has 1 N–H and O–H groups in total. The molecule has 0 aliphatic heterocycles. The molecule has 0 saturated heterocycles. The zero-order valence-electron chi connectivity index (χ0n) is 18.8. The number of benzene rings is 2. The van der Waals surface area contributed by atoms with Crippen molar-refractivity contribution >= 4 is 70.0 Å². The van der Waals surface area contributed by atoms with Crippen molar-refractivity contribution in [2.45, 2.75) is 58.0 Å². The quantitative estimate of drug-likeness (QED) is 0.321. The molecule has 0 aliphatic rings. The van der Waals surface area contributed by atoms with Gasteiger partial charge in [-0.3, -0.25) is 9.59 Å². The number of amides is 2. The maximum Gasteiger partial charge on any atom is 0.243 e. The first-order chi connectivity index (χ1) is 15.7. The number of nitrogens with zero attached hydrogens (tertiary/aromatic N) is 1. The lowest BCUT2D eigenvalue weighted by atomic mass is 10.1. The smallest absolute Gasteiger partial charge is 0.243 e. The van der Waals surface area contributed by atoms with Gasteiger partial charge in [-0.05, 0) is 49.6 Å². The average molecular weight is 550 g/mol. The molecule has 0 spiro atoms. The molecule has 0 heterocycles. The Morgan fingerprint density at radius 1 is 0.909 bits per heavy atom. The normalized spacial score (nSPS) is 12.8. The molecular formula is C24H28Cl4N2O2S. The summed E-state index contributed by atoms with van der Waals surface area (Å²) in [5.74, 6) is 0.241. The molecule has 0 aliphatic carbocycles. The summed E-state index contributed by atoms with van der Waals surface area (Å²) in [6, 6.07) is 9.86. The van der Waals surface area contributed by atoms with Crippen LogP contribution in [0.2, 0.25) is 20.1 Å². The van der Waals surface area contributed by atoms with Crippen molar-refractivity contribution in [2.75, 3.05) is 5.75 Å². The Kier molecular flexibility index (Phi) is 11.7. The van der Waals surface area contributed by atoms with E-state index < -0.39 is 6.04 Å². The van der Waals surface area contributed by atoms with Gasteiger partial charge in [0.1, 0.15) is 6.04 Å². The highest BCUT2D eigenvalue weighted by atomic mass is 35.5. The molecule has 180 valence electrons. The summed E-state index contributed by atoms with van der Waals surface area (Å²) in [4.78, 5) is 27.9. The number of halogens is 4. The Balaban J connectivity index is 2.24. The van der Waals surface area contributed by atoms with E-state index in [0.29, 0.717) is 37.8 Å². The predicted molar refractivity (Wildman–Crippen MR) is 142 cm³/mol. The number of rotatable bonds is 11. The third kappa shape index (κ3) is 7.97. The van der Waals surface area contributed by atoms with Crippen molar-refractivity contribution in [3.05, 3.63) is 67.6 Å². The van der Waals surface area contributed by atoms with E-state index in [9.17, 15) is 9.59 Å². The lowest BCUT2D eigenvalue weighted by molar-refractivity contribution is -0.139. The highest BCUT2D eigenvalue weighted by molar-refractivity contribution is 7.99. The summed E-state index contributed by atoms with van der Waals surface area (Å²) >= 11 is 26.6. The molecule has 33 heavy (non-hydrogen) atoms. The van der Waals surface area contributed by atoms with Crippen LogP contribution < -0.4 is 5.32 Å². The molecular weight excluding hydrogens is 522 g/mol. The van der Waals surface area contributed by atoms with Crippen LogP contribution in [0, 0.1) is 0 Å². The molecule has 2 atom stereocenters. The van der Waals surface area contributed by atoms with Crippen molar-refractivity contribution in [3.8, 4) is 0 Å². The van der Waals surface area contributed by atoms with Crippen LogP contribution in [0.15, 0.2) is 36.4 Å². The van der Waals surface area contributed by atoms with Crippen LogP contribution in [-0.4, -0.2) is 34.6 Å². The van der Waals surface area contributed by atoms with Crippen LogP contribution in [0.25, 0.3) is 0 Å². The van der Waals surface area contributed by atoms with E-state index in [1.54, 1.807) is 41.3 Å². The molecule has 2 aromatic carbocycles. The van der Waals surface area contributed by atoms with E-state index in [1.165, 1.54) is 11.8 Å². The first-order valence-corrected chi connectivity index (χ1v) is 13.4. The predicted octanol–water partition coefficient (Wildman–Crippen LogP) is 7.26. The maximum absolute atomic E-state index is 13.4. The molecule has 2 aromatic rings. The first kappa shape index (κ1) is 28.1. The van der Waals surface area contributed by atoms with E-state index in [0.717, 1.165) is 12.0 Å². The van der Waals surface area contributed by atoms with E-state index in [-0.39, 0.29) is 30.2 Å². The van der Waals surface area contributed by atoms with Gasteiger partial charge in [-0.2, -0.15) is 0 Å². The monoisotopic (exact) mass is 548 g/mol. The zero-order chi connectivity index (χ0) is 24.5. The molecule has 0 saturated carbocycles. The Hall–Kier alpha value is -1.11. The minimum atomic E-state index is -0.650. The first-order valence-electron chi connectivity index (χ1n) is 10.7. The summed E-state index contributed by atoms with van der Waals surface area (Å²) in [5, 5.41) is 5.00. The number of nitrogens with one attached hydrogen (secondary N) is 1. The number of carbonyl (C=O) groups is 2. The van der Waals surface area contributed by atoms with Gasteiger partial charge in [-0.15, -0.1) is 11.8 Å². The van der Waals surface area contributed by atoms with Gasteiger partial charge in [0.25, 0.3) is 0 Å². The Bertz CT molecular complexity index is 933. The lowest BCUT2D eigenvalue weighted by Gasteiger charge is -2.32. The Morgan fingerprint density at radius 3 is 1.91 bits per heavy atom. The summed E-state index contributed by atoms with van der Waals surface area (Å²) in [6.07, 6.45) is 1.25. The molecule has 9 heteroatoms. The summed E-state index contributed by atoms with van der Waals surface area (Å²) in [6.45, 7) is 5.95. The standard InChI is InChI=1S/C24H28Cl4N2O2S/c1-4-15(3)29-24(32)22(5-2)30(12-16-18(25)8-6-9-19(16)26)23(31)14-33-13-17-20(27)10-7-11-21(17)28/h6-11,15,22H,4-5,12-14H2,1-3H3,(H,29,32). The van der Waals surface area contributed by atoms with Gasteiger partial charge < -0.3 is 10.2 Å². The maximum atomic E-state index is 13.4. The molecule has 0 bridgehead atoms. The van der Waals surface area contributed by atoms with E-state index >= 15 is 0 Å². The van der Waals surface area contributed by atoms with Crippen molar-refractivity contribution in [1.29, 1.82) is 0 Å². The van der Waals surface area contributed by atoms with Crippen LogP contribution in [-0.2, 0) is 21.9 Å². The minimum absolute atomic E-state index is 0.00384. The van der Waals surface area contributed by atoms with Crippen LogP contribution in [0.4, 0.5) is 0 Å². The third-order valence-corrected chi connectivity index (χ3v) is 7.67. The second kappa shape index (κ2) is 13.7. The molecule has 2 rings (SSSR count). The fraction of sp³-hybridized carbons (Fsp3) is 0.417. The van der Waals surface area contributed by atoms with Crippen molar-refractivity contribution < 1.29 is 9.59 Å². The van der Waals surface area contributed by atoms with Gasteiger partial charge in [0.2, 0.25) is 11.8 Å². The molecule has 0 radical (unpaired) electrons. The van der Waals surface area contributed by atoms with Crippen molar-refractivity contribution in [2.24, 2.45) is 0 Å². The van der Waals surface area contributed by atoms with Crippen LogP contribution in [0.1, 0.15) is 44.7 Å². The summed E-state index contributed by atoms with van der Waals surface area (Å²) in [5.41, 5.74) is 1.39. The van der Waals surface area contributed by atoms with Crippen LogP contribution >= 0.6 is 58.2 Å². The fourth-order valence-electron chi connectivity index (χ4n) is 3.21. The third-order valence-electron chi connectivity index (χ3n) is 5.31. The molecule has 0 fully saturated rings. The van der Waals surface area contributed by atoms with Gasteiger partial charge in [-0.1, -0.05) is 72.4 Å². The van der Waals surface area contributed by atoms with Crippen molar-refractivity contribution in [3.63, 3.8) is 0 Å². The number of hydrogen-bond donors (Lipinski definition) is 1. The number of thioether (sulfide) groups is 1. The van der Waals surface area contributed by atoms with E-state index in [2.05, 4.69) is 5.32 Å². The second-order valence-corrected chi connectivity index (χ2v) is 10.3. The topological polar surface area (TPSA) is 49.4 Å². The Labute approximate surface area is 220 Å². The molecule has 2 unspecified atom stereocenters. The van der Waals surface area contributed by atoms with E-state index in [1.807, 2.05) is 20.8 Å². The number of carbonyl (C=O) groups excluding carboxylic acids is 2. The largest absolute Gasteiger partial charge is 0.352 e. The zero-order valence-corrected chi connectivity index (χ0v) is 22.7. The lowest BCUT2D eigenvalue weighted by Crippen LogP contribution is -2.51. The SMILES string of the molecule is CCC(C)NC(=O)C(CC)N(Cc1c(Cl)cccc1Cl)C(=O)CSCc1c(Cl)cccc1Cl. The second-order valence-electron chi connectivity index (χ2n) is 7.66. The highest BCUT2D eigenvalue weighted by Gasteiger charge is 2.30. The van der Waals surface area contributed by atoms with E-state index in [4.69, 9.17) is 46.4 Å². The summed E-state index contributed by atoms with van der Waals surface area (Å²) in [7, 11) is 0. The number of hydrogen-bond acceptors (Lipinski definition) is 3. The molecule has 0 aromatic heterocycles. The average Bonchev–Trinajstić information content (AvgIpc) is 2.77.